The van der Waals surface area contributed by atoms with Crippen LogP contribution in [0.3, 0.4) is 0 Å². The summed E-state index contributed by atoms with van der Waals surface area (Å²) in [4.78, 5) is 11.6. The van der Waals surface area contributed by atoms with Crippen LogP contribution in [0.4, 0.5) is 0 Å². The normalized spacial score (nSPS) is 14.6. The Hall–Kier alpha value is -3.59. The first-order valence-electron chi connectivity index (χ1n) is 10.8. The minimum absolute atomic E-state index is 0.0945. The lowest BCUT2D eigenvalue weighted by Gasteiger charge is -2.32. The van der Waals surface area contributed by atoms with Crippen LogP contribution in [0.2, 0.25) is 0 Å². The molecule has 1 aliphatic carbocycles. The molecule has 0 fully saturated rings. The van der Waals surface area contributed by atoms with Crippen molar-refractivity contribution in [2.24, 2.45) is 0 Å². The van der Waals surface area contributed by atoms with E-state index in [1.807, 2.05) is 24.3 Å². The van der Waals surface area contributed by atoms with E-state index in [-0.39, 0.29) is 11.4 Å². The summed E-state index contributed by atoms with van der Waals surface area (Å²) < 4.78 is 10.1. The van der Waals surface area contributed by atoms with E-state index in [9.17, 15) is 4.79 Å². The van der Waals surface area contributed by atoms with Crippen LogP contribution in [0.1, 0.15) is 58.4 Å². The molecule has 3 nitrogen and oxygen atoms in total. The molecule has 0 atom stereocenters. The number of hydrogen-bond acceptors (Lipinski definition) is 3. The van der Waals surface area contributed by atoms with Crippen LogP contribution in [-0.4, -0.2) is 20.2 Å². The molecule has 0 saturated heterocycles. The molecule has 0 amide bonds. The Balaban J connectivity index is 1.66. The van der Waals surface area contributed by atoms with Crippen LogP contribution in [0, 0.1) is 0 Å². The quantitative estimate of drug-likeness (QED) is 0.335. The molecule has 0 spiro atoms. The van der Waals surface area contributed by atoms with Gasteiger partial charge in [0.2, 0.25) is 0 Å². The maximum Gasteiger partial charge on any atom is 0.337 e. The van der Waals surface area contributed by atoms with E-state index in [4.69, 9.17) is 9.47 Å². The molecule has 3 aromatic carbocycles. The highest BCUT2D eigenvalue weighted by Crippen LogP contribution is 2.42. The Labute approximate surface area is 190 Å². The van der Waals surface area contributed by atoms with Crippen LogP contribution >= 0.6 is 0 Å². The van der Waals surface area contributed by atoms with Crippen molar-refractivity contribution in [1.29, 1.82) is 0 Å². The van der Waals surface area contributed by atoms with Crippen molar-refractivity contribution >= 4 is 23.7 Å². The summed E-state index contributed by atoms with van der Waals surface area (Å²) in [5, 5.41) is 0. The summed E-state index contributed by atoms with van der Waals surface area (Å²) in [6, 6.07) is 22.4. The number of rotatable bonds is 5. The summed E-state index contributed by atoms with van der Waals surface area (Å²) in [6.45, 7) is 4.59. The first-order chi connectivity index (χ1) is 15.4. The maximum atomic E-state index is 11.6. The van der Waals surface area contributed by atoms with Gasteiger partial charge in [0.05, 0.1) is 19.8 Å². The lowest BCUT2D eigenvalue weighted by atomic mass is 9.72. The van der Waals surface area contributed by atoms with Crippen LogP contribution in [0.5, 0.6) is 5.75 Å². The molecule has 1 aliphatic rings. The smallest absolute Gasteiger partial charge is 0.337 e. The van der Waals surface area contributed by atoms with Gasteiger partial charge in [0.15, 0.2) is 0 Å². The van der Waals surface area contributed by atoms with Gasteiger partial charge >= 0.3 is 5.97 Å². The third-order valence-corrected chi connectivity index (χ3v) is 6.08. The van der Waals surface area contributed by atoms with Crippen molar-refractivity contribution in [2.75, 3.05) is 14.2 Å². The van der Waals surface area contributed by atoms with Gasteiger partial charge in [0.1, 0.15) is 5.75 Å². The van der Waals surface area contributed by atoms with Gasteiger partial charge in [-0.15, -0.1) is 0 Å². The molecule has 3 heteroatoms. The van der Waals surface area contributed by atoms with E-state index in [0.29, 0.717) is 5.56 Å². The third kappa shape index (κ3) is 4.38. The number of benzene rings is 3. The molecule has 4 rings (SSSR count). The lowest BCUT2D eigenvalue weighted by Crippen LogP contribution is -2.21. The summed E-state index contributed by atoms with van der Waals surface area (Å²) in [5.74, 6) is 0.538. The Bertz CT molecular complexity index is 1180. The average molecular weight is 425 g/mol. The van der Waals surface area contributed by atoms with E-state index >= 15 is 0 Å². The number of carbonyl (C=O) groups is 1. The molecule has 162 valence electrons. The van der Waals surface area contributed by atoms with Crippen molar-refractivity contribution in [3.63, 3.8) is 0 Å². The van der Waals surface area contributed by atoms with Crippen LogP contribution < -0.4 is 4.74 Å². The second-order valence-electron chi connectivity index (χ2n) is 8.69. The predicted octanol–water partition coefficient (Wildman–Crippen LogP) is 6.77. The van der Waals surface area contributed by atoms with Crippen molar-refractivity contribution in [1.82, 2.24) is 0 Å². The number of allylic oxidation sites excluding steroid dienone is 1. The lowest BCUT2D eigenvalue weighted by molar-refractivity contribution is 0.0600. The first-order valence-corrected chi connectivity index (χ1v) is 10.8. The topological polar surface area (TPSA) is 35.5 Å². The van der Waals surface area contributed by atoms with Crippen molar-refractivity contribution in [3.8, 4) is 5.75 Å². The SMILES string of the molecule is COC(=O)c1ccc(C=Cc2ccc3c(c2)C(c2ccc(OC)cc2)=CCC3(C)C)cc1. The summed E-state index contributed by atoms with van der Waals surface area (Å²) >= 11 is 0. The molecule has 0 unspecified atom stereocenters. The van der Waals surface area contributed by atoms with Crippen molar-refractivity contribution < 1.29 is 14.3 Å². The zero-order valence-electron chi connectivity index (χ0n) is 19.0. The zero-order chi connectivity index (χ0) is 22.7. The fourth-order valence-corrected chi connectivity index (χ4v) is 4.14. The van der Waals surface area contributed by atoms with Crippen molar-refractivity contribution in [2.45, 2.75) is 25.7 Å². The fraction of sp³-hybridized carbons (Fsp3) is 0.207. The minimum atomic E-state index is -0.323. The molecule has 32 heavy (non-hydrogen) atoms. The molecular weight excluding hydrogens is 396 g/mol. The van der Waals surface area contributed by atoms with E-state index in [2.05, 4.69) is 62.4 Å². The second kappa shape index (κ2) is 8.88. The van der Waals surface area contributed by atoms with Crippen molar-refractivity contribution in [3.05, 3.63) is 106 Å². The second-order valence-corrected chi connectivity index (χ2v) is 8.69. The standard InChI is InChI=1S/C29H28O3/c1-29(2)18-17-25(22-12-14-24(31-3)15-13-22)26-19-21(9-16-27(26)29)6-5-20-7-10-23(11-8-20)28(30)32-4/h5-17,19H,18H2,1-4H3. The minimum Gasteiger partial charge on any atom is -0.497 e. The molecular formula is C29H28O3. The summed E-state index contributed by atoms with van der Waals surface area (Å²) in [7, 11) is 3.08. The molecule has 0 radical (unpaired) electrons. The Kier molecular flexibility index (Phi) is 6.00. The number of carbonyl (C=O) groups excluding carboxylic acids is 1. The highest BCUT2D eigenvalue weighted by Gasteiger charge is 2.28. The average Bonchev–Trinajstić information content (AvgIpc) is 2.82. The number of fused-ring (bicyclic) bond motifs is 1. The van der Waals surface area contributed by atoms with E-state index in [0.717, 1.165) is 23.3 Å². The third-order valence-electron chi connectivity index (χ3n) is 6.08. The number of methoxy groups -OCH3 is 2. The largest absolute Gasteiger partial charge is 0.497 e. The van der Waals surface area contributed by atoms with Crippen LogP contribution in [0.15, 0.2) is 72.8 Å². The van der Waals surface area contributed by atoms with Gasteiger partial charge in [-0.25, -0.2) is 4.79 Å². The number of ether oxygens (including phenoxy) is 2. The van der Waals surface area contributed by atoms with E-state index < -0.39 is 0 Å². The Morgan fingerprint density at radius 1 is 0.875 bits per heavy atom. The highest BCUT2D eigenvalue weighted by atomic mass is 16.5. The Morgan fingerprint density at radius 3 is 2.19 bits per heavy atom. The molecule has 0 heterocycles. The van der Waals surface area contributed by atoms with Gasteiger partial charge in [-0.05, 0) is 75.6 Å². The number of hydrogen-bond donors (Lipinski definition) is 0. The number of esters is 1. The molecule has 0 aromatic heterocycles. The van der Waals surface area contributed by atoms with Gasteiger partial charge in [-0.1, -0.05) is 68.5 Å². The van der Waals surface area contributed by atoms with Crippen LogP contribution in [0.25, 0.3) is 17.7 Å². The van der Waals surface area contributed by atoms with E-state index in [1.165, 1.54) is 29.4 Å². The molecule has 3 aromatic rings. The first kappa shape index (κ1) is 21.6. The molecule has 0 aliphatic heterocycles. The van der Waals surface area contributed by atoms with Gasteiger partial charge in [0, 0.05) is 0 Å². The zero-order valence-corrected chi connectivity index (χ0v) is 19.0. The fourth-order valence-electron chi connectivity index (χ4n) is 4.14. The molecule has 0 bridgehead atoms. The van der Waals surface area contributed by atoms with Gasteiger partial charge in [-0.2, -0.15) is 0 Å². The van der Waals surface area contributed by atoms with Crippen LogP contribution in [-0.2, 0) is 10.2 Å². The van der Waals surface area contributed by atoms with Gasteiger partial charge in [-0.3, -0.25) is 0 Å². The maximum absolute atomic E-state index is 11.6. The summed E-state index contributed by atoms with van der Waals surface area (Å²) in [6.07, 6.45) is 7.53. The highest BCUT2D eigenvalue weighted by molar-refractivity contribution is 5.90. The van der Waals surface area contributed by atoms with Gasteiger partial charge in [0.25, 0.3) is 0 Å². The Morgan fingerprint density at radius 2 is 1.53 bits per heavy atom. The predicted molar refractivity (Wildman–Crippen MR) is 131 cm³/mol. The summed E-state index contributed by atoms with van der Waals surface area (Å²) in [5.41, 5.74) is 7.91. The van der Waals surface area contributed by atoms with Gasteiger partial charge < -0.3 is 9.47 Å². The van der Waals surface area contributed by atoms with E-state index in [1.54, 1.807) is 19.2 Å². The molecule has 0 saturated carbocycles. The molecule has 0 N–H and O–H groups in total. The monoisotopic (exact) mass is 424 g/mol.